The zero-order valence-electron chi connectivity index (χ0n) is 22.0. The molecule has 0 amide bonds. The number of hydrogen-bond donors (Lipinski definition) is 2. The fraction of sp³-hybridized carbons (Fsp3) is 0.452. The van der Waals surface area contributed by atoms with Crippen molar-refractivity contribution in [3.63, 3.8) is 0 Å². The third kappa shape index (κ3) is 4.23. The van der Waals surface area contributed by atoms with Crippen molar-refractivity contribution in [1.29, 1.82) is 0 Å². The van der Waals surface area contributed by atoms with E-state index in [9.17, 15) is 5.11 Å². The highest BCUT2D eigenvalue weighted by Gasteiger charge is 2.34. The van der Waals surface area contributed by atoms with Gasteiger partial charge in [-0.05, 0) is 60.9 Å². The van der Waals surface area contributed by atoms with Crippen LogP contribution in [-0.4, -0.2) is 51.8 Å². The second-order valence-electron chi connectivity index (χ2n) is 11.2. The number of pyridine rings is 1. The molecule has 1 saturated carbocycles. The van der Waals surface area contributed by atoms with Crippen molar-refractivity contribution in [2.75, 3.05) is 24.6 Å². The van der Waals surface area contributed by atoms with Gasteiger partial charge in [-0.15, -0.1) is 0 Å². The van der Waals surface area contributed by atoms with Gasteiger partial charge >= 0.3 is 6.01 Å². The molecule has 0 radical (unpaired) electrons. The fourth-order valence-corrected chi connectivity index (χ4v) is 6.81. The number of phenolic OH excluding ortho intramolecular Hbond substituents is 1. The molecular formula is C31H35N5O2. The minimum Gasteiger partial charge on any atom is -0.508 e. The maximum atomic E-state index is 10.6. The fourth-order valence-electron chi connectivity index (χ4n) is 6.81. The van der Waals surface area contributed by atoms with Gasteiger partial charge in [-0.1, -0.05) is 44.0 Å². The molecule has 3 fully saturated rings. The van der Waals surface area contributed by atoms with E-state index in [1.54, 1.807) is 6.07 Å². The van der Waals surface area contributed by atoms with Gasteiger partial charge in [-0.25, -0.2) is 0 Å². The van der Waals surface area contributed by atoms with Gasteiger partial charge in [0.05, 0.1) is 23.2 Å². The van der Waals surface area contributed by atoms with E-state index in [1.807, 2.05) is 30.5 Å². The average Bonchev–Trinajstić information content (AvgIpc) is 3.59. The average molecular weight is 510 g/mol. The Morgan fingerprint density at radius 3 is 2.58 bits per heavy atom. The summed E-state index contributed by atoms with van der Waals surface area (Å²) in [5, 5.41) is 17.3. The Bertz CT molecular complexity index is 1490. The van der Waals surface area contributed by atoms with E-state index >= 15 is 0 Å². The molecule has 2 unspecified atom stereocenters. The van der Waals surface area contributed by atoms with Gasteiger partial charge in [0.25, 0.3) is 0 Å². The molecule has 2 N–H and O–H groups in total. The Kier molecular flexibility index (Phi) is 6.03. The number of phenols is 1. The topological polar surface area (TPSA) is 83.4 Å². The van der Waals surface area contributed by atoms with Crippen LogP contribution < -0.4 is 15.0 Å². The Morgan fingerprint density at radius 1 is 1.00 bits per heavy atom. The zero-order valence-corrected chi connectivity index (χ0v) is 22.0. The minimum atomic E-state index is 0.239. The molecule has 4 aromatic rings. The second-order valence-corrected chi connectivity index (χ2v) is 11.2. The van der Waals surface area contributed by atoms with Gasteiger partial charge in [0.2, 0.25) is 0 Å². The Morgan fingerprint density at radius 2 is 1.79 bits per heavy atom. The van der Waals surface area contributed by atoms with Crippen LogP contribution in [-0.2, 0) is 6.42 Å². The molecule has 196 valence electrons. The number of nitrogens with zero attached hydrogens (tertiary/aromatic N) is 4. The van der Waals surface area contributed by atoms with Crippen molar-refractivity contribution < 1.29 is 9.84 Å². The third-order valence-electron chi connectivity index (χ3n) is 8.69. The van der Waals surface area contributed by atoms with Gasteiger partial charge in [0, 0.05) is 42.5 Å². The molecule has 2 atom stereocenters. The molecular weight excluding hydrogens is 474 g/mol. The lowest BCUT2D eigenvalue weighted by molar-refractivity contribution is 0.235. The number of benzene rings is 2. The summed E-state index contributed by atoms with van der Waals surface area (Å²) in [5.74, 6) is 1.76. The molecule has 2 aliphatic heterocycles. The summed E-state index contributed by atoms with van der Waals surface area (Å²) in [6.07, 6.45) is 10.1. The summed E-state index contributed by atoms with van der Waals surface area (Å²) in [5.41, 5.74) is 3.75. The van der Waals surface area contributed by atoms with Gasteiger partial charge in [0.15, 0.2) is 0 Å². The van der Waals surface area contributed by atoms with Crippen LogP contribution in [0.4, 0.5) is 5.82 Å². The summed E-state index contributed by atoms with van der Waals surface area (Å²) in [6.45, 7) is 4.70. The van der Waals surface area contributed by atoms with Gasteiger partial charge < -0.3 is 20.1 Å². The molecule has 38 heavy (non-hydrogen) atoms. The van der Waals surface area contributed by atoms with Crippen LogP contribution in [0.2, 0.25) is 0 Å². The largest absolute Gasteiger partial charge is 0.508 e. The maximum Gasteiger partial charge on any atom is 0.318 e. The first-order chi connectivity index (χ1) is 18.7. The Hall–Kier alpha value is -3.45. The number of nitrogens with one attached hydrogen (secondary N) is 1. The van der Waals surface area contributed by atoms with Crippen LogP contribution in [0, 0.1) is 5.92 Å². The first kappa shape index (κ1) is 23.7. The van der Waals surface area contributed by atoms with Crippen molar-refractivity contribution in [3.05, 3.63) is 48.2 Å². The van der Waals surface area contributed by atoms with Gasteiger partial charge in [-0.2, -0.15) is 9.97 Å². The highest BCUT2D eigenvalue weighted by molar-refractivity contribution is 6.01. The van der Waals surface area contributed by atoms with E-state index in [0.717, 1.165) is 63.8 Å². The van der Waals surface area contributed by atoms with Crippen molar-refractivity contribution in [3.8, 4) is 23.0 Å². The molecule has 2 aromatic heterocycles. The van der Waals surface area contributed by atoms with Gasteiger partial charge in [0.1, 0.15) is 11.6 Å². The normalized spacial score (nSPS) is 21.6. The van der Waals surface area contributed by atoms with Crippen molar-refractivity contribution in [2.24, 2.45) is 5.92 Å². The van der Waals surface area contributed by atoms with E-state index in [0.29, 0.717) is 30.6 Å². The molecule has 2 aromatic carbocycles. The molecule has 7 rings (SSSR count). The standard InChI is InChI=1S/C31H35N5O2/c1-2-24-28(26-14-23(37)13-20-9-5-6-10-25(20)26)32-15-27-29(24)34-31(38-18-19-7-3-4-8-19)35-30(27)36-16-21-11-12-22(17-36)33-21/h5-6,9-10,13-15,19,21-22,33,37H,2-4,7-8,11-12,16-18H2,1H3. The minimum absolute atomic E-state index is 0.239. The number of aromatic nitrogens is 3. The van der Waals surface area contributed by atoms with Crippen LogP contribution in [0.1, 0.15) is 51.0 Å². The summed E-state index contributed by atoms with van der Waals surface area (Å²) >= 11 is 0. The summed E-state index contributed by atoms with van der Waals surface area (Å²) in [6, 6.07) is 13.2. The molecule has 4 heterocycles. The number of piperazine rings is 1. The Labute approximate surface area is 223 Å². The summed E-state index contributed by atoms with van der Waals surface area (Å²) in [7, 11) is 0. The van der Waals surface area contributed by atoms with Crippen LogP contribution in [0.15, 0.2) is 42.6 Å². The third-order valence-corrected chi connectivity index (χ3v) is 8.69. The van der Waals surface area contributed by atoms with Crippen molar-refractivity contribution in [2.45, 2.75) is 64.0 Å². The van der Waals surface area contributed by atoms with Crippen LogP contribution in [0.5, 0.6) is 11.8 Å². The Balaban J connectivity index is 1.39. The quantitative estimate of drug-likeness (QED) is 0.349. The van der Waals surface area contributed by atoms with E-state index in [2.05, 4.69) is 23.2 Å². The van der Waals surface area contributed by atoms with E-state index in [4.69, 9.17) is 19.7 Å². The van der Waals surface area contributed by atoms with E-state index < -0.39 is 0 Å². The highest BCUT2D eigenvalue weighted by atomic mass is 16.5. The summed E-state index contributed by atoms with van der Waals surface area (Å²) in [4.78, 5) is 17.5. The smallest absolute Gasteiger partial charge is 0.318 e. The van der Waals surface area contributed by atoms with Gasteiger partial charge in [-0.3, -0.25) is 4.98 Å². The van der Waals surface area contributed by atoms with Crippen molar-refractivity contribution in [1.82, 2.24) is 20.3 Å². The number of ether oxygens (including phenoxy) is 1. The SMILES string of the molecule is CCc1c(-c2cc(O)cc3ccccc23)ncc2c(N3CC4CCC(C3)N4)nc(OCC3CCCC3)nc12. The number of aryl methyl sites for hydroxylation is 1. The highest BCUT2D eigenvalue weighted by Crippen LogP contribution is 2.38. The van der Waals surface area contributed by atoms with E-state index in [1.165, 1.54) is 38.5 Å². The molecule has 2 saturated heterocycles. The monoisotopic (exact) mass is 509 g/mol. The molecule has 1 aliphatic carbocycles. The number of fused-ring (bicyclic) bond motifs is 4. The first-order valence-corrected chi connectivity index (χ1v) is 14.2. The van der Waals surface area contributed by atoms with Crippen LogP contribution in [0.3, 0.4) is 0 Å². The first-order valence-electron chi connectivity index (χ1n) is 14.2. The number of aromatic hydroxyl groups is 1. The molecule has 7 heteroatoms. The lowest BCUT2D eigenvalue weighted by Gasteiger charge is -2.34. The lowest BCUT2D eigenvalue weighted by atomic mass is 9.96. The second kappa shape index (κ2) is 9.70. The number of anilines is 1. The summed E-state index contributed by atoms with van der Waals surface area (Å²) < 4.78 is 6.31. The predicted octanol–water partition coefficient (Wildman–Crippen LogP) is 5.62. The zero-order chi connectivity index (χ0) is 25.6. The van der Waals surface area contributed by atoms with E-state index in [-0.39, 0.29) is 5.75 Å². The van der Waals surface area contributed by atoms with Crippen LogP contribution in [0.25, 0.3) is 32.9 Å². The van der Waals surface area contributed by atoms with Crippen molar-refractivity contribution >= 4 is 27.5 Å². The molecule has 2 bridgehead atoms. The molecule has 3 aliphatic rings. The lowest BCUT2D eigenvalue weighted by Crippen LogP contribution is -2.51. The van der Waals surface area contributed by atoms with Crippen LogP contribution >= 0.6 is 0 Å². The number of rotatable bonds is 6. The molecule has 7 nitrogen and oxygen atoms in total. The molecule has 0 spiro atoms. The maximum absolute atomic E-state index is 10.6. The predicted molar refractivity (Wildman–Crippen MR) is 151 cm³/mol. The number of hydrogen-bond acceptors (Lipinski definition) is 7.